The lowest BCUT2D eigenvalue weighted by Gasteiger charge is -1.96. The van der Waals surface area contributed by atoms with E-state index in [1.54, 1.807) is 25.3 Å². The number of hydrogen-bond donors (Lipinski definition) is 1. The van der Waals surface area contributed by atoms with Gasteiger partial charge in [-0.3, -0.25) is 9.78 Å². The number of amides is 1. The highest BCUT2D eigenvalue weighted by molar-refractivity contribution is 5.92. The molecule has 60 valence electrons. The van der Waals surface area contributed by atoms with Crippen molar-refractivity contribution >= 4 is 5.91 Å². The molecule has 1 rings (SSSR count). The van der Waals surface area contributed by atoms with Crippen molar-refractivity contribution in [3.05, 3.63) is 29.6 Å². The van der Waals surface area contributed by atoms with Crippen LogP contribution < -0.4 is 5.73 Å². The van der Waals surface area contributed by atoms with E-state index >= 15 is 0 Å². The van der Waals surface area contributed by atoms with E-state index in [0.29, 0.717) is 5.69 Å². The van der Waals surface area contributed by atoms with Crippen molar-refractivity contribution in [2.24, 2.45) is 5.73 Å². The Bertz CT molecular complexity index is 260. The minimum absolute atomic E-state index is 0. The summed E-state index contributed by atoms with van der Waals surface area (Å²) in [5.74, 6) is -0.474. The minimum Gasteiger partial charge on any atom is -0.412 e. The van der Waals surface area contributed by atoms with Crippen LogP contribution in [0.15, 0.2) is 18.3 Å². The Balaban J connectivity index is 0.000001000. The number of rotatable bonds is 1. The Morgan fingerprint density at radius 3 is 2.64 bits per heavy atom. The fraction of sp³-hybridized carbons (Fsp3) is 0.143. The van der Waals surface area contributed by atoms with Crippen LogP contribution in [-0.4, -0.2) is 16.4 Å². The topological polar surface area (TPSA) is 87.5 Å². The molecular formula is C7H10N2O2. The minimum atomic E-state index is -0.474. The SMILES string of the molecule is Cc1cccnc1C(N)=O.O. The van der Waals surface area contributed by atoms with Crippen LogP contribution >= 0.6 is 0 Å². The van der Waals surface area contributed by atoms with Gasteiger partial charge in [0.15, 0.2) is 0 Å². The van der Waals surface area contributed by atoms with Gasteiger partial charge in [-0.25, -0.2) is 0 Å². The molecule has 1 aromatic rings. The van der Waals surface area contributed by atoms with E-state index < -0.39 is 5.91 Å². The molecular weight excluding hydrogens is 144 g/mol. The van der Waals surface area contributed by atoms with Gasteiger partial charge in [-0.2, -0.15) is 0 Å². The fourth-order valence-corrected chi connectivity index (χ4v) is 0.744. The van der Waals surface area contributed by atoms with E-state index in [0.717, 1.165) is 5.56 Å². The standard InChI is InChI=1S/C7H8N2O.H2O/c1-5-3-2-4-9-6(5)7(8)10;/h2-4H,1H3,(H2,8,10);1H2. The van der Waals surface area contributed by atoms with E-state index in [1.165, 1.54) is 0 Å². The molecule has 0 radical (unpaired) electrons. The van der Waals surface area contributed by atoms with Crippen LogP contribution in [0, 0.1) is 6.92 Å². The first-order valence-corrected chi connectivity index (χ1v) is 2.93. The zero-order valence-corrected chi connectivity index (χ0v) is 6.16. The summed E-state index contributed by atoms with van der Waals surface area (Å²) in [5.41, 5.74) is 6.18. The Morgan fingerprint density at radius 2 is 2.27 bits per heavy atom. The second kappa shape index (κ2) is 3.68. The second-order valence-corrected chi connectivity index (χ2v) is 2.03. The monoisotopic (exact) mass is 154 g/mol. The first-order valence-electron chi connectivity index (χ1n) is 2.93. The first-order chi connectivity index (χ1) is 4.72. The maximum Gasteiger partial charge on any atom is 0.267 e. The van der Waals surface area contributed by atoms with Gasteiger partial charge >= 0.3 is 0 Å². The van der Waals surface area contributed by atoms with E-state index in [2.05, 4.69) is 4.98 Å². The summed E-state index contributed by atoms with van der Waals surface area (Å²) in [6.45, 7) is 1.80. The van der Waals surface area contributed by atoms with Crippen LogP contribution in [0.1, 0.15) is 16.1 Å². The molecule has 0 aliphatic rings. The maximum absolute atomic E-state index is 10.6. The van der Waals surface area contributed by atoms with Gasteiger partial charge in [-0.05, 0) is 18.6 Å². The molecule has 0 unspecified atom stereocenters. The van der Waals surface area contributed by atoms with Crippen LogP contribution in [0.3, 0.4) is 0 Å². The summed E-state index contributed by atoms with van der Waals surface area (Å²) in [6.07, 6.45) is 1.55. The van der Waals surface area contributed by atoms with E-state index in [9.17, 15) is 4.79 Å². The van der Waals surface area contributed by atoms with E-state index in [4.69, 9.17) is 5.73 Å². The lowest BCUT2D eigenvalue weighted by molar-refractivity contribution is 0.0995. The van der Waals surface area contributed by atoms with Gasteiger partial charge in [0.2, 0.25) is 0 Å². The van der Waals surface area contributed by atoms with Crippen LogP contribution in [-0.2, 0) is 0 Å². The number of carbonyl (C=O) groups excluding carboxylic acids is 1. The summed E-state index contributed by atoms with van der Waals surface area (Å²) in [7, 11) is 0. The molecule has 4 N–H and O–H groups in total. The third-order valence-corrected chi connectivity index (χ3v) is 1.24. The van der Waals surface area contributed by atoms with Crippen molar-refractivity contribution < 1.29 is 10.3 Å². The van der Waals surface area contributed by atoms with Crippen molar-refractivity contribution in [3.8, 4) is 0 Å². The van der Waals surface area contributed by atoms with Gasteiger partial charge in [-0.1, -0.05) is 6.07 Å². The van der Waals surface area contributed by atoms with Crippen molar-refractivity contribution in [1.29, 1.82) is 0 Å². The maximum atomic E-state index is 10.6. The van der Waals surface area contributed by atoms with Gasteiger partial charge in [0.25, 0.3) is 5.91 Å². The molecule has 1 aromatic heterocycles. The highest BCUT2D eigenvalue weighted by Gasteiger charge is 2.02. The zero-order chi connectivity index (χ0) is 7.56. The molecule has 0 aliphatic carbocycles. The molecule has 0 bridgehead atoms. The Hall–Kier alpha value is -1.42. The van der Waals surface area contributed by atoms with Gasteiger partial charge in [0.05, 0.1) is 0 Å². The fourth-order valence-electron chi connectivity index (χ4n) is 0.744. The summed E-state index contributed by atoms with van der Waals surface area (Å²) in [5, 5.41) is 0. The summed E-state index contributed by atoms with van der Waals surface area (Å²) in [6, 6.07) is 3.56. The first kappa shape index (κ1) is 9.58. The van der Waals surface area contributed by atoms with Crippen molar-refractivity contribution in [2.75, 3.05) is 0 Å². The van der Waals surface area contributed by atoms with E-state index in [1.807, 2.05) is 0 Å². The number of hydrogen-bond acceptors (Lipinski definition) is 2. The van der Waals surface area contributed by atoms with Crippen LogP contribution in [0.5, 0.6) is 0 Å². The van der Waals surface area contributed by atoms with Gasteiger partial charge in [0, 0.05) is 6.20 Å². The summed E-state index contributed by atoms with van der Waals surface area (Å²) < 4.78 is 0. The molecule has 4 nitrogen and oxygen atoms in total. The van der Waals surface area contributed by atoms with E-state index in [-0.39, 0.29) is 5.48 Å². The van der Waals surface area contributed by atoms with Crippen LogP contribution in [0.25, 0.3) is 0 Å². The molecule has 0 aromatic carbocycles. The third kappa shape index (κ3) is 2.01. The predicted octanol–water partition coefficient (Wildman–Crippen LogP) is -0.336. The number of carbonyl (C=O) groups is 1. The van der Waals surface area contributed by atoms with Gasteiger partial charge in [0.1, 0.15) is 5.69 Å². The Morgan fingerprint density at radius 1 is 1.64 bits per heavy atom. The van der Waals surface area contributed by atoms with Crippen LogP contribution in [0.4, 0.5) is 0 Å². The zero-order valence-electron chi connectivity index (χ0n) is 6.16. The molecule has 0 aliphatic heterocycles. The molecule has 0 saturated carbocycles. The molecule has 0 atom stereocenters. The number of primary amides is 1. The molecule has 11 heavy (non-hydrogen) atoms. The molecule has 0 spiro atoms. The number of aromatic nitrogens is 1. The van der Waals surface area contributed by atoms with Crippen molar-refractivity contribution in [1.82, 2.24) is 4.98 Å². The summed E-state index contributed by atoms with van der Waals surface area (Å²) >= 11 is 0. The average Bonchev–Trinajstić information content (AvgIpc) is 1.88. The largest absolute Gasteiger partial charge is 0.412 e. The number of nitrogens with two attached hydrogens (primary N) is 1. The summed E-state index contributed by atoms with van der Waals surface area (Å²) in [4.78, 5) is 14.4. The molecule has 1 amide bonds. The lowest BCUT2D eigenvalue weighted by Crippen LogP contribution is -2.14. The normalized spacial score (nSPS) is 8.45. The van der Waals surface area contributed by atoms with Crippen molar-refractivity contribution in [3.63, 3.8) is 0 Å². The Labute approximate surface area is 64.4 Å². The number of nitrogens with zero attached hydrogens (tertiary/aromatic N) is 1. The quantitative estimate of drug-likeness (QED) is 0.600. The number of pyridine rings is 1. The van der Waals surface area contributed by atoms with Gasteiger partial charge in [-0.15, -0.1) is 0 Å². The molecule has 4 heteroatoms. The number of aryl methyl sites for hydroxylation is 1. The van der Waals surface area contributed by atoms with Crippen molar-refractivity contribution in [2.45, 2.75) is 6.92 Å². The average molecular weight is 154 g/mol. The molecule has 0 saturated heterocycles. The Kier molecular flexibility index (Phi) is 3.20. The molecule has 0 fully saturated rings. The van der Waals surface area contributed by atoms with Crippen LogP contribution in [0.2, 0.25) is 0 Å². The third-order valence-electron chi connectivity index (χ3n) is 1.24. The highest BCUT2D eigenvalue weighted by Crippen LogP contribution is 2.00. The highest BCUT2D eigenvalue weighted by atomic mass is 16.1. The molecule has 1 heterocycles. The predicted molar refractivity (Wildman–Crippen MR) is 41.1 cm³/mol. The lowest BCUT2D eigenvalue weighted by atomic mass is 10.2. The van der Waals surface area contributed by atoms with Gasteiger partial charge < -0.3 is 11.2 Å². The second-order valence-electron chi connectivity index (χ2n) is 2.03. The smallest absolute Gasteiger partial charge is 0.267 e.